The Hall–Kier alpha value is -1.53. The highest BCUT2D eigenvalue weighted by molar-refractivity contribution is 5.57. The van der Waals surface area contributed by atoms with E-state index in [1.807, 2.05) is 24.3 Å². The fourth-order valence-electron chi connectivity index (χ4n) is 2.64. The van der Waals surface area contributed by atoms with E-state index in [4.69, 9.17) is 11.0 Å². The summed E-state index contributed by atoms with van der Waals surface area (Å²) in [5.41, 5.74) is 7.46. The van der Waals surface area contributed by atoms with E-state index in [9.17, 15) is 0 Å². The number of nitrogens with two attached hydrogens (primary N) is 1. The smallest absolute Gasteiger partial charge is 0.101 e. The molecule has 0 aliphatic heterocycles. The van der Waals surface area contributed by atoms with E-state index in [2.05, 4.69) is 11.4 Å². The lowest BCUT2D eigenvalue weighted by molar-refractivity contribution is 0.462. The Morgan fingerprint density at radius 3 is 2.71 bits per heavy atom. The van der Waals surface area contributed by atoms with Crippen LogP contribution in [-0.2, 0) is 0 Å². The van der Waals surface area contributed by atoms with Gasteiger partial charge in [0, 0.05) is 12.6 Å². The van der Waals surface area contributed by atoms with Crippen molar-refractivity contribution >= 4 is 5.69 Å². The van der Waals surface area contributed by atoms with Gasteiger partial charge in [0.2, 0.25) is 0 Å². The van der Waals surface area contributed by atoms with Crippen molar-refractivity contribution in [3.63, 3.8) is 0 Å². The minimum absolute atomic E-state index is 0.298. The summed E-state index contributed by atoms with van der Waals surface area (Å²) in [4.78, 5) is 0. The number of rotatable bonds is 4. The lowest BCUT2D eigenvalue weighted by Gasteiger charge is -2.24. The average Bonchev–Trinajstić information content (AvgIpc) is 2.90. The molecule has 3 nitrogen and oxygen atoms in total. The van der Waals surface area contributed by atoms with Gasteiger partial charge in [0.15, 0.2) is 0 Å². The van der Waals surface area contributed by atoms with Gasteiger partial charge >= 0.3 is 0 Å². The molecule has 1 saturated carbocycles. The summed E-state index contributed by atoms with van der Waals surface area (Å²) < 4.78 is 0. The summed E-state index contributed by atoms with van der Waals surface area (Å²) in [6, 6.07) is 10.1. The molecular weight excluding hydrogens is 210 g/mol. The zero-order valence-electron chi connectivity index (χ0n) is 10.0. The van der Waals surface area contributed by atoms with Crippen molar-refractivity contribution in [1.29, 1.82) is 5.26 Å². The number of hydrogen-bond acceptors (Lipinski definition) is 3. The topological polar surface area (TPSA) is 61.8 Å². The van der Waals surface area contributed by atoms with Crippen LogP contribution in [0.3, 0.4) is 0 Å². The van der Waals surface area contributed by atoms with Crippen LogP contribution in [0.1, 0.15) is 31.2 Å². The molecule has 3 heteroatoms. The van der Waals surface area contributed by atoms with Crippen molar-refractivity contribution in [2.45, 2.75) is 31.7 Å². The predicted molar refractivity (Wildman–Crippen MR) is 69.6 cm³/mol. The molecule has 0 heterocycles. The zero-order valence-corrected chi connectivity index (χ0v) is 10.0. The second kappa shape index (κ2) is 5.70. The van der Waals surface area contributed by atoms with Crippen LogP contribution in [-0.4, -0.2) is 12.6 Å². The molecule has 0 bridgehead atoms. The molecule has 1 aliphatic carbocycles. The maximum atomic E-state index is 9.05. The van der Waals surface area contributed by atoms with E-state index in [-0.39, 0.29) is 0 Å². The van der Waals surface area contributed by atoms with E-state index in [0.29, 0.717) is 24.1 Å². The molecule has 1 aromatic carbocycles. The first kappa shape index (κ1) is 11.9. The molecule has 1 fully saturated rings. The molecule has 0 spiro atoms. The summed E-state index contributed by atoms with van der Waals surface area (Å²) in [7, 11) is 0. The number of nitrogens with zero attached hydrogens (tertiary/aromatic N) is 1. The van der Waals surface area contributed by atoms with Gasteiger partial charge in [0.1, 0.15) is 6.07 Å². The molecule has 90 valence electrons. The number of nitriles is 1. The fourth-order valence-corrected chi connectivity index (χ4v) is 2.64. The molecule has 17 heavy (non-hydrogen) atoms. The van der Waals surface area contributed by atoms with Crippen molar-refractivity contribution in [2.24, 2.45) is 11.7 Å². The summed E-state index contributed by atoms with van der Waals surface area (Å²) in [5, 5.41) is 12.5. The predicted octanol–water partition coefficient (Wildman–Crippen LogP) is 2.49. The third-order valence-electron chi connectivity index (χ3n) is 3.61. The van der Waals surface area contributed by atoms with Crippen molar-refractivity contribution < 1.29 is 0 Å². The molecule has 0 radical (unpaired) electrons. The Morgan fingerprint density at radius 2 is 2.06 bits per heavy atom. The van der Waals surface area contributed by atoms with Crippen LogP contribution in [0.5, 0.6) is 0 Å². The summed E-state index contributed by atoms with van der Waals surface area (Å²) in [6.07, 6.45) is 5.12. The van der Waals surface area contributed by atoms with Crippen LogP contribution < -0.4 is 11.1 Å². The molecule has 0 amide bonds. The van der Waals surface area contributed by atoms with Crippen LogP contribution in [0.4, 0.5) is 5.69 Å². The third-order valence-corrected chi connectivity index (χ3v) is 3.61. The van der Waals surface area contributed by atoms with Gasteiger partial charge in [-0.2, -0.15) is 5.26 Å². The van der Waals surface area contributed by atoms with Crippen molar-refractivity contribution in [2.75, 3.05) is 11.9 Å². The Bertz CT molecular complexity index is 402. The highest BCUT2D eigenvalue weighted by atomic mass is 14.9. The summed E-state index contributed by atoms with van der Waals surface area (Å²) in [6.45, 7) is 0.629. The number of hydrogen-bond donors (Lipinski definition) is 2. The number of para-hydroxylation sites is 1. The van der Waals surface area contributed by atoms with Crippen LogP contribution in [0.25, 0.3) is 0 Å². The van der Waals surface area contributed by atoms with Gasteiger partial charge in [-0.3, -0.25) is 0 Å². The Labute approximate surface area is 103 Å². The van der Waals surface area contributed by atoms with E-state index in [0.717, 1.165) is 5.69 Å². The molecule has 1 aliphatic rings. The second-order valence-corrected chi connectivity index (χ2v) is 4.69. The standard InChI is InChI=1S/C14H19N3/c15-9-12-7-3-4-8-13(12)17-14(10-16)11-5-1-2-6-11/h3-4,7-8,11,14,17H,1-2,5-6,10,16H2. The van der Waals surface area contributed by atoms with Crippen molar-refractivity contribution in [3.8, 4) is 6.07 Å². The van der Waals surface area contributed by atoms with Gasteiger partial charge < -0.3 is 11.1 Å². The first-order valence-corrected chi connectivity index (χ1v) is 6.31. The zero-order chi connectivity index (χ0) is 12.1. The number of anilines is 1. The maximum Gasteiger partial charge on any atom is 0.101 e. The Morgan fingerprint density at radius 1 is 1.35 bits per heavy atom. The fraction of sp³-hybridized carbons (Fsp3) is 0.500. The SMILES string of the molecule is N#Cc1ccccc1NC(CN)C1CCCC1. The Balaban J connectivity index is 2.10. The third kappa shape index (κ3) is 2.78. The van der Waals surface area contributed by atoms with Crippen molar-refractivity contribution in [1.82, 2.24) is 0 Å². The van der Waals surface area contributed by atoms with Crippen LogP contribution in [0.2, 0.25) is 0 Å². The lowest BCUT2D eigenvalue weighted by Crippen LogP contribution is -2.35. The van der Waals surface area contributed by atoms with Gasteiger partial charge in [-0.15, -0.1) is 0 Å². The molecule has 0 aromatic heterocycles. The number of nitrogens with one attached hydrogen (secondary N) is 1. The minimum Gasteiger partial charge on any atom is -0.380 e. The average molecular weight is 229 g/mol. The first-order valence-electron chi connectivity index (χ1n) is 6.31. The van der Waals surface area contributed by atoms with E-state index >= 15 is 0 Å². The van der Waals surface area contributed by atoms with Gasteiger partial charge in [0.25, 0.3) is 0 Å². The van der Waals surface area contributed by atoms with Gasteiger partial charge in [0.05, 0.1) is 11.3 Å². The van der Waals surface area contributed by atoms with E-state index < -0.39 is 0 Å². The molecule has 0 saturated heterocycles. The quantitative estimate of drug-likeness (QED) is 0.833. The molecular formula is C14H19N3. The summed E-state index contributed by atoms with van der Waals surface area (Å²) >= 11 is 0. The highest BCUT2D eigenvalue weighted by Gasteiger charge is 2.24. The second-order valence-electron chi connectivity index (χ2n) is 4.69. The first-order chi connectivity index (χ1) is 8.35. The van der Waals surface area contributed by atoms with Gasteiger partial charge in [-0.25, -0.2) is 0 Å². The normalized spacial score (nSPS) is 17.6. The van der Waals surface area contributed by atoms with E-state index in [1.165, 1.54) is 25.7 Å². The summed E-state index contributed by atoms with van der Waals surface area (Å²) in [5.74, 6) is 0.659. The molecule has 1 aromatic rings. The van der Waals surface area contributed by atoms with Crippen LogP contribution in [0.15, 0.2) is 24.3 Å². The van der Waals surface area contributed by atoms with Gasteiger partial charge in [-0.1, -0.05) is 25.0 Å². The highest BCUT2D eigenvalue weighted by Crippen LogP contribution is 2.29. The molecule has 1 atom stereocenters. The number of benzene rings is 1. The van der Waals surface area contributed by atoms with Crippen LogP contribution >= 0.6 is 0 Å². The van der Waals surface area contributed by atoms with Crippen molar-refractivity contribution in [3.05, 3.63) is 29.8 Å². The molecule has 3 N–H and O–H groups in total. The largest absolute Gasteiger partial charge is 0.380 e. The van der Waals surface area contributed by atoms with E-state index in [1.54, 1.807) is 0 Å². The minimum atomic E-state index is 0.298. The monoisotopic (exact) mass is 229 g/mol. The Kier molecular flexibility index (Phi) is 4.00. The lowest BCUT2D eigenvalue weighted by atomic mass is 9.97. The van der Waals surface area contributed by atoms with Gasteiger partial charge in [-0.05, 0) is 30.9 Å². The van der Waals surface area contributed by atoms with Crippen LogP contribution in [0, 0.1) is 17.2 Å². The molecule has 2 rings (SSSR count). The maximum absolute atomic E-state index is 9.05. The molecule has 1 unspecified atom stereocenters.